The quantitative estimate of drug-likeness (QED) is 0.929. The number of carbonyl (C=O) groups is 2. The van der Waals surface area contributed by atoms with Gasteiger partial charge in [0.2, 0.25) is 5.91 Å². The SMILES string of the molecule is CCC(=O)Nc1ccc(C(=O)N2C[C@H](C)C[C@H](C)C2)cc1. The van der Waals surface area contributed by atoms with E-state index in [0.717, 1.165) is 18.8 Å². The van der Waals surface area contributed by atoms with Crippen molar-refractivity contribution < 1.29 is 9.59 Å². The zero-order valence-electron chi connectivity index (χ0n) is 13.1. The molecule has 21 heavy (non-hydrogen) atoms. The van der Waals surface area contributed by atoms with Crippen molar-refractivity contribution in [3.8, 4) is 0 Å². The van der Waals surface area contributed by atoms with Gasteiger partial charge in [-0.15, -0.1) is 0 Å². The van der Waals surface area contributed by atoms with E-state index in [1.54, 1.807) is 24.3 Å². The van der Waals surface area contributed by atoms with Gasteiger partial charge in [-0.25, -0.2) is 0 Å². The Kier molecular flexibility index (Phi) is 4.99. The molecule has 2 atom stereocenters. The summed E-state index contributed by atoms with van der Waals surface area (Å²) in [4.78, 5) is 25.8. The highest BCUT2D eigenvalue weighted by Gasteiger charge is 2.25. The van der Waals surface area contributed by atoms with Crippen LogP contribution in [-0.4, -0.2) is 29.8 Å². The number of rotatable bonds is 3. The van der Waals surface area contributed by atoms with E-state index in [9.17, 15) is 9.59 Å². The third kappa shape index (κ3) is 4.06. The van der Waals surface area contributed by atoms with Crippen LogP contribution in [0, 0.1) is 11.8 Å². The van der Waals surface area contributed by atoms with Crippen LogP contribution in [0.2, 0.25) is 0 Å². The summed E-state index contributed by atoms with van der Waals surface area (Å²) in [6.45, 7) is 7.86. The van der Waals surface area contributed by atoms with Crippen molar-refractivity contribution >= 4 is 17.5 Å². The molecule has 4 nitrogen and oxygen atoms in total. The van der Waals surface area contributed by atoms with E-state index in [1.807, 2.05) is 11.8 Å². The topological polar surface area (TPSA) is 49.4 Å². The second kappa shape index (κ2) is 6.74. The molecule has 4 heteroatoms. The third-order valence-corrected chi connectivity index (χ3v) is 3.89. The summed E-state index contributed by atoms with van der Waals surface area (Å²) in [6.07, 6.45) is 1.63. The van der Waals surface area contributed by atoms with Crippen molar-refractivity contribution in [2.75, 3.05) is 18.4 Å². The molecule has 1 saturated heterocycles. The summed E-state index contributed by atoms with van der Waals surface area (Å²) in [6, 6.07) is 7.16. The summed E-state index contributed by atoms with van der Waals surface area (Å²) < 4.78 is 0. The second-order valence-electron chi connectivity index (χ2n) is 6.14. The lowest BCUT2D eigenvalue weighted by atomic mass is 9.91. The zero-order chi connectivity index (χ0) is 15.4. The van der Waals surface area contributed by atoms with Crippen molar-refractivity contribution in [3.63, 3.8) is 0 Å². The summed E-state index contributed by atoms with van der Waals surface area (Å²) in [5.74, 6) is 1.18. The number of hydrogen-bond donors (Lipinski definition) is 1. The highest BCUT2D eigenvalue weighted by molar-refractivity contribution is 5.95. The van der Waals surface area contributed by atoms with Crippen LogP contribution in [-0.2, 0) is 4.79 Å². The van der Waals surface area contributed by atoms with Gasteiger partial charge < -0.3 is 10.2 Å². The molecule has 1 aliphatic rings. The van der Waals surface area contributed by atoms with E-state index in [2.05, 4.69) is 19.2 Å². The molecule has 1 aromatic rings. The van der Waals surface area contributed by atoms with Crippen LogP contribution in [0.4, 0.5) is 5.69 Å². The molecule has 2 amide bonds. The maximum atomic E-state index is 12.5. The molecule has 1 fully saturated rings. The Morgan fingerprint density at radius 2 is 1.71 bits per heavy atom. The van der Waals surface area contributed by atoms with Gasteiger partial charge in [-0.1, -0.05) is 20.8 Å². The number of anilines is 1. The minimum absolute atomic E-state index is 0.0206. The number of benzene rings is 1. The number of piperidine rings is 1. The maximum Gasteiger partial charge on any atom is 0.253 e. The summed E-state index contributed by atoms with van der Waals surface area (Å²) in [5, 5.41) is 2.79. The van der Waals surface area contributed by atoms with Gasteiger partial charge in [0.05, 0.1) is 0 Å². The predicted molar refractivity (Wildman–Crippen MR) is 84.2 cm³/mol. The van der Waals surface area contributed by atoms with E-state index in [1.165, 1.54) is 6.42 Å². The number of nitrogens with one attached hydrogen (secondary N) is 1. The molecular weight excluding hydrogens is 264 g/mol. The molecule has 1 heterocycles. The lowest BCUT2D eigenvalue weighted by Crippen LogP contribution is -2.42. The van der Waals surface area contributed by atoms with Gasteiger partial charge in [0.1, 0.15) is 0 Å². The lowest BCUT2D eigenvalue weighted by molar-refractivity contribution is -0.115. The van der Waals surface area contributed by atoms with E-state index < -0.39 is 0 Å². The normalized spacial score (nSPS) is 22.0. The number of amides is 2. The minimum Gasteiger partial charge on any atom is -0.338 e. The van der Waals surface area contributed by atoms with Crippen LogP contribution < -0.4 is 5.32 Å². The zero-order valence-corrected chi connectivity index (χ0v) is 13.1. The first-order chi connectivity index (χ1) is 9.99. The number of hydrogen-bond acceptors (Lipinski definition) is 2. The first kappa shape index (κ1) is 15.5. The van der Waals surface area contributed by atoms with Gasteiger partial charge in [0.25, 0.3) is 5.91 Å². The molecule has 0 spiro atoms. The summed E-state index contributed by atoms with van der Waals surface area (Å²) in [5.41, 5.74) is 1.42. The number of likely N-dealkylation sites (tertiary alicyclic amines) is 1. The largest absolute Gasteiger partial charge is 0.338 e. The molecule has 2 rings (SSSR count). The van der Waals surface area contributed by atoms with E-state index in [-0.39, 0.29) is 11.8 Å². The van der Waals surface area contributed by atoms with Crippen LogP contribution >= 0.6 is 0 Å². The molecule has 1 N–H and O–H groups in total. The van der Waals surface area contributed by atoms with Crippen LogP contribution in [0.1, 0.15) is 44.0 Å². The first-order valence-electron chi connectivity index (χ1n) is 7.68. The molecule has 0 aliphatic carbocycles. The van der Waals surface area contributed by atoms with E-state index in [0.29, 0.717) is 23.8 Å². The fraction of sp³-hybridized carbons (Fsp3) is 0.529. The predicted octanol–water partition coefficient (Wildman–Crippen LogP) is 3.15. The van der Waals surface area contributed by atoms with Crippen LogP contribution in [0.3, 0.4) is 0 Å². The highest BCUT2D eigenvalue weighted by Crippen LogP contribution is 2.23. The van der Waals surface area contributed by atoms with Crippen molar-refractivity contribution in [3.05, 3.63) is 29.8 Å². The average Bonchev–Trinajstić information content (AvgIpc) is 2.46. The van der Waals surface area contributed by atoms with Crippen LogP contribution in [0.25, 0.3) is 0 Å². The molecule has 0 bridgehead atoms. The van der Waals surface area contributed by atoms with Crippen LogP contribution in [0.15, 0.2) is 24.3 Å². The fourth-order valence-electron chi connectivity index (χ4n) is 2.96. The van der Waals surface area contributed by atoms with Crippen molar-refractivity contribution in [1.29, 1.82) is 0 Å². The average molecular weight is 288 g/mol. The van der Waals surface area contributed by atoms with Gasteiger partial charge in [-0.3, -0.25) is 9.59 Å². The molecule has 0 saturated carbocycles. The number of nitrogens with zero attached hydrogens (tertiary/aromatic N) is 1. The standard InChI is InChI=1S/C17H24N2O2/c1-4-16(20)18-15-7-5-14(6-8-15)17(21)19-10-12(2)9-13(3)11-19/h5-8,12-13H,4,9-11H2,1-3H3,(H,18,20)/t12-,13+. The van der Waals surface area contributed by atoms with Gasteiger partial charge in [-0.05, 0) is 42.5 Å². The molecule has 114 valence electrons. The van der Waals surface area contributed by atoms with Gasteiger partial charge >= 0.3 is 0 Å². The van der Waals surface area contributed by atoms with Gasteiger partial charge in [0, 0.05) is 30.8 Å². The minimum atomic E-state index is -0.0206. The Morgan fingerprint density at radius 3 is 2.24 bits per heavy atom. The second-order valence-corrected chi connectivity index (χ2v) is 6.14. The number of carbonyl (C=O) groups excluding carboxylic acids is 2. The van der Waals surface area contributed by atoms with Gasteiger partial charge in [-0.2, -0.15) is 0 Å². The summed E-state index contributed by atoms with van der Waals surface area (Å²) >= 11 is 0. The van der Waals surface area contributed by atoms with E-state index >= 15 is 0 Å². The Morgan fingerprint density at radius 1 is 1.14 bits per heavy atom. The highest BCUT2D eigenvalue weighted by atomic mass is 16.2. The van der Waals surface area contributed by atoms with Crippen molar-refractivity contribution in [2.24, 2.45) is 11.8 Å². The summed E-state index contributed by atoms with van der Waals surface area (Å²) in [7, 11) is 0. The Balaban J connectivity index is 2.04. The monoisotopic (exact) mass is 288 g/mol. The molecule has 0 aromatic heterocycles. The molecule has 1 aromatic carbocycles. The Hall–Kier alpha value is -1.84. The van der Waals surface area contributed by atoms with Gasteiger partial charge in [0.15, 0.2) is 0 Å². The maximum absolute atomic E-state index is 12.5. The molecule has 0 radical (unpaired) electrons. The fourth-order valence-corrected chi connectivity index (χ4v) is 2.96. The van der Waals surface area contributed by atoms with Crippen molar-refractivity contribution in [1.82, 2.24) is 4.90 Å². The first-order valence-corrected chi connectivity index (χ1v) is 7.68. The smallest absolute Gasteiger partial charge is 0.253 e. The van der Waals surface area contributed by atoms with Crippen molar-refractivity contribution in [2.45, 2.75) is 33.6 Å². The third-order valence-electron chi connectivity index (χ3n) is 3.89. The molecule has 1 aliphatic heterocycles. The lowest BCUT2D eigenvalue weighted by Gasteiger charge is -2.35. The van der Waals surface area contributed by atoms with Crippen LogP contribution in [0.5, 0.6) is 0 Å². The van der Waals surface area contributed by atoms with E-state index in [4.69, 9.17) is 0 Å². The molecular formula is C17H24N2O2. The molecule has 0 unspecified atom stereocenters. The Labute approximate surface area is 126 Å². The Bertz CT molecular complexity index is 500.